The van der Waals surface area contributed by atoms with Crippen molar-refractivity contribution in [3.05, 3.63) is 41.1 Å². The van der Waals surface area contributed by atoms with Crippen molar-refractivity contribution in [2.45, 2.75) is 0 Å². The van der Waals surface area contributed by atoms with Crippen LogP contribution in [0.1, 0.15) is 5.56 Å². The summed E-state index contributed by atoms with van der Waals surface area (Å²) in [4.78, 5) is 11.4. The van der Waals surface area contributed by atoms with E-state index in [1.54, 1.807) is 24.3 Å². The zero-order valence-corrected chi connectivity index (χ0v) is 9.25. The molecule has 0 aliphatic heterocycles. The predicted molar refractivity (Wildman–Crippen MR) is 58.5 cm³/mol. The van der Waals surface area contributed by atoms with E-state index in [-0.39, 0.29) is 0 Å². The molecule has 0 aliphatic carbocycles. The van der Waals surface area contributed by atoms with Gasteiger partial charge in [0.25, 0.3) is 0 Å². The van der Waals surface area contributed by atoms with Gasteiger partial charge in [-0.05, 0) is 17.7 Å². The van der Waals surface area contributed by atoms with E-state index in [4.69, 9.17) is 16.3 Å². The van der Waals surface area contributed by atoms with Gasteiger partial charge in [-0.3, -0.25) is 0 Å². The van der Waals surface area contributed by atoms with Gasteiger partial charge >= 0.3 is 5.97 Å². The molecule has 0 saturated heterocycles. The fraction of sp³-hybridized carbons (Fsp3) is 0.182. The lowest BCUT2D eigenvalue weighted by molar-refractivity contribution is -0.133. The van der Waals surface area contributed by atoms with Crippen LogP contribution in [0.15, 0.2) is 30.5 Å². The second-order valence-corrected chi connectivity index (χ2v) is 3.20. The van der Waals surface area contributed by atoms with Gasteiger partial charge in [-0.15, -0.1) is 0 Å². The number of benzene rings is 1. The van der Waals surface area contributed by atoms with E-state index in [1.807, 2.05) is 0 Å². The molecule has 0 aliphatic rings. The third-order valence-electron chi connectivity index (χ3n) is 1.80. The number of carbonyl (C=O) groups excluding carboxylic acids is 1. The first-order valence-electron chi connectivity index (χ1n) is 4.26. The molecular weight excluding hydrogens is 216 g/mol. The molecular formula is C11H11ClO3. The molecule has 1 aromatic carbocycles. The highest BCUT2D eigenvalue weighted by molar-refractivity contribution is 6.30. The Labute approximate surface area is 93.3 Å². The first-order chi connectivity index (χ1) is 7.19. The van der Waals surface area contributed by atoms with E-state index in [1.165, 1.54) is 20.5 Å². The van der Waals surface area contributed by atoms with Crippen molar-refractivity contribution in [2.24, 2.45) is 0 Å². The summed E-state index contributed by atoms with van der Waals surface area (Å²) in [7, 11) is 2.79. The summed E-state index contributed by atoms with van der Waals surface area (Å²) in [5.41, 5.74) is 1.06. The zero-order chi connectivity index (χ0) is 11.3. The topological polar surface area (TPSA) is 35.5 Å². The fourth-order valence-electron chi connectivity index (χ4n) is 1.09. The third-order valence-corrected chi connectivity index (χ3v) is 2.05. The third kappa shape index (κ3) is 2.99. The molecule has 3 nitrogen and oxygen atoms in total. The highest BCUT2D eigenvalue weighted by Gasteiger charge is 2.12. The van der Waals surface area contributed by atoms with Gasteiger partial charge in [0.15, 0.2) is 0 Å². The largest absolute Gasteiger partial charge is 0.503 e. The lowest BCUT2D eigenvalue weighted by atomic mass is 10.1. The van der Waals surface area contributed by atoms with Crippen molar-refractivity contribution in [3.63, 3.8) is 0 Å². The summed E-state index contributed by atoms with van der Waals surface area (Å²) < 4.78 is 9.45. The van der Waals surface area contributed by atoms with Crippen LogP contribution in [-0.2, 0) is 14.3 Å². The van der Waals surface area contributed by atoms with Crippen molar-refractivity contribution in [3.8, 4) is 0 Å². The number of hydrogen-bond donors (Lipinski definition) is 0. The van der Waals surface area contributed by atoms with Crippen LogP contribution in [0.4, 0.5) is 0 Å². The maximum atomic E-state index is 11.4. The van der Waals surface area contributed by atoms with Gasteiger partial charge in [0.05, 0.1) is 20.5 Å². The molecule has 1 aromatic rings. The van der Waals surface area contributed by atoms with Gasteiger partial charge in [-0.2, -0.15) is 0 Å². The van der Waals surface area contributed by atoms with E-state index in [9.17, 15) is 4.79 Å². The number of hydrogen-bond acceptors (Lipinski definition) is 3. The Morgan fingerprint density at radius 1 is 1.27 bits per heavy atom. The molecule has 0 bridgehead atoms. The molecule has 80 valence electrons. The van der Waals surface area contributed by atoms with E-state index in [2.05, 4.69) is 4.74 Å². The molecule has 0 atom stereocenters. The SMILES string of the molecule is CO/C=C(\C(=O)OC)c1ccc(Cl)cc1. The maximum absolute atomic E-state index is 11.4. The normalized spacial score (nSPS) is 11.0. The van der Waals surface area contributed by atoms with Crippen LogP contribution in [0.25, 0.3) is 5.57 Å². The summed E-state index contributed by atoms with van der Waals surface area (Å²) in [6, 6.07) is 6.85. The first kappa shape index (κ1) is 11.6. The molecule has 0 fully saturated rings. The van der Waals surface area contributed by atoms with E-state index >= 15 is 0 Å². The number of esters is 1. The highest BCUT2D eigenvalue weighted by atomic mass is 35.5. The molecule has 0 N–H and O–H groups in total. The Bertz CT molecular complexity index is 368. The van der Waals surface area contributed by atoms with Gasteiger partial charge in [-0.1, -0.05) is 23.7 Å². The zero-order valence-electron chi connectivity index (χ0n) is 8.49. The van der Waals surface area contributed by atoms with Crippen molar-refractivity contribution in [1.29, 1.82) is 0 Å². The minimum absolute atomic E-state index is 0.358. The number of ether oxygens (including phenoxy) is 2. The summed E-state index contributed by atoms with van der Waals surface area (Å²) in [5, 5.41) is 0.611. The monoisotopic (exact) mass is 226 g/mol. The second-order valence-electron chi connectivity index (χ2n) is 2.77. The molecule has 4 heteroatoms. The first-order valence-corrected chi connectivity index (χ1v) is 4.64. The van der Waals surface area contributed by atoms with Crippen LogP contribution in [0.5, 0.6) is 0 Å². The molecule has 1 rings (SSSR count). The lowest BCUT2D eigenvalue weighted by Crippen LogP contribution is -2.04. The number of carbonyl (C=O) groups is 1. The van der Waals surface area contributed by atoms with Crippen LogP contribution in [-0.4, -0.2) is 20.2 Å². The van der Waals surface area contributed by atoms with Crippen molar-refractivity contribution in [2.75, 3.05) is 14.2 Å². The molecule has 0 amide bonds. The van der Waals surface area contributed by atoms with Crippen molar-refractivity contribution in [1.82, 2.24) is 0 Å². The molecule has 0 heterocycles. The Morgan fingerprint density at radius 3 is 2.33 bits per heavy atom. The Hall–Kier alpha value is -1.48. The van der Waals surface area contributed by atoms with Crippen LogP contribution < -0.4 is 0 Å². The molecule has 0 aromatic heterocycles. The van der Waals surface area contributed by atoms with Crippen LogP contribution in [0.3, 0.4) is 0 Å². The summed E-state index contributed by atoms with van der Waals surface area (Å²) in [6.45, 7) is 0. The van der Waals surface area contributed by atoms with E-state index < -0.39 is 5.97 Å². The number of halogens is 1. The maximum Gasteiger partial charge on any atom is 0.341 e. The Kier molecular flexibility index (Phi) is 4.18. The molecule has 0 spiro atoms. The summed E-state index contributed by atoms with van der Waals surface area (Å²) >= 11 is 5.74. The number of rotatable bonds is 3. The Balaban J connectivity index is 3.05. The highest BCUT2D eigenvalue weighted by Crippen LogP contribution is 2.18. The second kappa shape index (κ2) is 5.41. The molecule has 0 radical (unpaired) electrons. The average Bonchev–Trinajstić information content (AvgIpc) is 2.26. The van der Waals surface area contributed by atoms with Gasteiger partial charge in [0, 0.05) is 5.02 Å². The molecule has 0 unspecified atom stereocenters. The van der Waals surface area contributed by atoms with Gasteiger partial charge in [0.2, 0.25) is 0 Å². The minimum atomic E-state index is -0.445. The summed E-state index contributed by atoms with van der Waals surface area (Å²) in [5.74, 6) is -0.445. The van der Waals surface area contributed by atoms with Gasteiger partial charge in [-0.25, -0.2) is 4.79 Å². The van der Waals surface area contributed by atoms with Crippen LogP contribution >= 0.6 is 11.6 Å². The number of methoxy groups -OCH3 is 2. The quantitative estimate of drug-likeness (QED) is 0.451. The van der Waals surface area contributed by atoms with Crippen LogP contribution in [0, 0.1) is 0 Å². The van der Waals surface area contributed by atoms with Crippen molar-refractivity contribution >= 4 is 23.1 Å². The van der Waals surface area contributed by atoms with Gasteiger partial charge < -0.3 is 9.47 Å². The average molecular weight is 227 g/mol. The fourth-order valence-corrected chi connectivity index (χ4v) is 1.22. The predicted octanol–water partition coefficient (Wildman–Crippen LogP) is 2.50. The van der Waals surface area contributed by atoms with E-state index in [0.29, 0.717) is 16.2 Å². The van der Waals surface area contributed by atoms with Crippen LogP contribution in [0.2, 0.25) is 5.02 Å². The standard InChI is InChI=1S/C11H11ClO3/c1-14-7-10(11(13)15-2)8-3-5-9(12)6-4-8/h3-7H,1-2H3/b10-7-. The summed E-state index contributed by atoms with van der Waals surface area (Å²) in [6.07, 6.45) is 1.34. The Morgan fingerprint density at radius 2 is 1.87 bits per heavy atom. The lowest BCUT2D eigenvalue weighted by Gasteiger charge is -2.05. The van der Waals surface area contributed by atoms with Crippen molar-refractivity contribution < 1.29 is 14.3 Å². The minimum Gasteiger partial charge on any atom is -0.503 e. The van der Waals surface area contributed by atoms with E-state index in [0.717, 1.165) is 0 Å². The smallest absolute Gasteiger partial charge is 0.341 e. The molecule has 15 heavy (non-hydrogen) atoms. The van der Waals surface area contributed by atoms with Gasteiger partial charge in [0.1, 0.15) is 5.57 Å². The molecule has 0 saturated carbocycles.